The maximum atomic E-state index is 3.67. The molecule has 0 radical (unpaired) electrons. The van der Waals surface area contributed by atoms with E-state index in [1.807, 2.05) is 33.8 Å². The lowest BCUT2D eigenvalue weighted by Crippen LogP contribution is -2.51. The Morgan fingerprint density at radius 1 is 0.492 bits per heavy atom. The molecule has 0 aliphatic carbocycles. The normalized spacial score (nSPS) is 11.2. The van der Waals surface area contributed by atoms with Crippen molar-refractivity contribution in [2.24, 2.45) is 0 Å². The zero-order chi connectivity index (χ0) is 45.0. The Hall–Kier alpha value is -5.92. The van der Waals surface area contributed by atoms with Gasteiger partial charge in [0.2, 0.25) is 6.71 Å². The van der Waals surface area contributed by atoms with Crippen molar-refractivity contribution in [3.63, 3.8) is 0 Å². The molecule has 0 nitrogen and oxygen atoms in total. The molecule has 6 aromatic rings. The Kier molecular flexibility index (Phi) is 24.6. The van der Waals surface area contributed by atoms with E-state index in [4.69, 9.17) is 0 Å². The quantitative estimate of drug-likeness (QED) is 0.0904. The van der Waals surface area contributed by atoms with Crippen LogP contribution >= 0.6 is 0 Å². The summed E-state index contributed by atoms with van der Waals surface area (Å²) in [5.41, 5.74) is 17.9. The summed E-state index contributed by atoms with van der Waals surface area (Å²) in [6.07, 6.45) is 12.9. The van der Waals surface area contributed by atoms with Gasteiger partial charge in [-0.3, -0.25) is 0 Å². The van der Waals surface area contributed by atoms with Crippen molar-refractivity contribution in [3.05, 3.63) is 228 Å². The standard InChI is InChI=1S/C37H33B.C15H18.C4H10.2C2H6/c1-28-14-22-35(23-15-28)38(37-26-20-34(21-27-37)33-12-8-5-9-13-33)36-24-18-32(19-25-36)30(3)17-16-29(2)31-10-6-4-7-11-31;1-5-6-9-12(2)14(4)15-11-8-7-10-13(15)3;1-3-4-2;2*1-2/h4-27H,1-3H3;5-11H,1H2,2-4H3;3-4H2,1-2H3;2*1-2H3/b29-16+,30-17+;9-6-,14-12+;;;. The van der Waals surface area contributed by atoms with Gasteiger partial charge in [-0.15, -0.1) is 0 Å². The molecule has 6 aromatic carbocycles. The maximum absolute atomic E-state index is 3.67. The summed E-state index contributed by atoms with van der Waals surface area (Å²) in [5.74, 6) is 0. The summed E-state index contributed by atoms with van der Waals surface area (Å²) in [5, 5.41) is 0. The van der Waals surface area contributed by atoms with E-state index in [-0.39, 0.29) is 6.71 Å². The van der Waals surface area contributed by atoms with Crippen molar-refractivity contribution in [2.75, 3.05) is 0 Å². The average molecular weight is 805 g/mol. The van der Waals surface area contributed by atoms with Crippen LogP contribution in [0.5, 0.6) is 0 Å². The van der Waals surface area contributed by atoms with E-state index in [1.165, 1.54) is 90.5 Å². The van der Waals surface area contributed by atoms with Gasteiger partial charge in [-0.2, -0.15) is 0 Å². The van der Waals surface area contributed by atoms with Crippen LogP contribution in [0.4, 0.5) is 0 Å². The lowest BCUT2D eigenvalue weighted by atomic mass is 9.37. The minimum atomic E-state index is 0.180. The molecule has 0 spiro atoms. The molecule has 0 amide bonds. The summed E-state index contributed by atoms with van der Waals surface area (Å²) in [4.78, 5) is 0. The molecule has 0 heterocycles. The summed E-state index contributed by atoms with van der Waals surface area (Å²) < 4.78 is 0. The van der Waals surface area contributed by atoms with Gasteiger partial charge in [-0.05, 0) is 97.2 Å². The van der Waals surface area contributed by atoms with Crippen molar-refractivity contribution in [1.82, 2.24) is 0 Å². The molecule has 0 unspecified atom stereocenters. The molecule has 0 aromatic heterocycles. The number of unbranched alkanes of at least 4 members (excludes halogenated alkanes) is 1. The summed E-state index contributed by atoms with van der Waals surface area (Å²) >= 11 is 0. The lowest BCUT2D eigenvalue weighted by molar-refractivity contribution is 0.886. The molecule has 0 bridgehead atoms. The number of hydrogen-bond donors (Lipinski definition) is 0. The Morgan fingerprint density at radius 3 is 1.38 bits per heavy atom. The predicted octanol–water partition coefficient (Wildman–Crippen LogP) is 16.1. The van der Waals surface area contributed by atoms with Gasteiger partial charge in [0.15, 0.2) is 0 Å². The first kappa shape index (κ1) is 51.2. The van der Waals surface area contributed by atoms with Gasteiger partial charge >= 0.3 is 0 Å². The van der Waals surface area contributed by atoms with Crippen LogP contribution in [0.25, 0.3) is 27.8 Å². The first-order valence-electron chi connectivity index (χ1n) is 22.4. The Labute approximate surface area is 373 Å². The van der Waals surface area contributed by atoms with Gasteiger partial charge in [0, 0.05) is 0 Å². The van der Waals surface area contributed by atoms with Gasteiger partial charge in [0.05, 0.1) is 0 Å². The van der Waals surface area contributed by atoms with E-state index >= 15 is 0 Å². The Morgan fingerprint density at radius 2 is 0.902 bits per heavy atom. The first-order chi connectivity index (χ1) is 29.7. The fourth-order valence-corrected chi connectivity index (χ4v) is 6.46. The third kappa shape index (κ3) is 16.9. The van der Waals surface area contributed by atoms with Gasteiger partial charge in [0.25, 0.3) is 0 Å². The van der Waals surface area contributed by atoms with Crippen LogP contribution in [0.1, 0.15) is 110 Å². The summed E-state index contributed by atoms with van der Waals surface area (Å²) in [6.45, 7) is 29.1. The molecule has 0 N–H and O–H groups in total. The fraction of sp³-hybridized carbons (Fsp3) is 0.233. The Bertz CT molecular complexity index is 2230. The highest BCUT2D eigenvalue weighted by atomic mass is 14.1. The second-order valence-corrected chi connectivity index (χ2v) is 14.7. The molecular formula is C60H73B. The lowest BCUT2D eigenvalue weighted by Gasteiger charge is -2.17. The van der Waals surface area contributed by atoms with Crippen LogP contribution in [-0.2, 0) is 0 Å². The third-order valence-electron chi connectivity index (χ3n) is 10.4. The minimum Gasteiger partial charge on any atom is -0.0991 e. The summed E-state index contributed by atoms with van der Waals surface area (Å²) in [6, 6.07) is 56.7. The molecule has 0 aliphatic heterocycles. The predicted molar refractivity (Wildman–Crippen MR) is 280 cm³/mol. The molecule has 0 atom stereocenters. The summed E-state index contributed by atoms with van der Waals surface area (Å²) in [7, 11) is 0. The maximum Gasteiger partial charge on any atom is 0.241 e. The highest BCUT2D eigenvalue weighted by molar-refractivity contribution is 6.95. The van der Waals surface area contributed by atoms with Gasteiger partial charge < -0.3 is 0 Å². The minimum absolute atomic E-state index is 0.180. The molecule has 0 saturated heterocycles. The highest BCUT2D eigenvalue weighted by Gasteiger charge is 2.22. The molecule has 61 heavy (non-hydrogen) atoms. The van der Waals surface area contributed by atoms with E-state index in [1.54, 1.807) is 6.08 Å². The molecule has 0 saturated carbocycles. The number of benzene rings is 6. The zero-order valence-electron chi connectivity index (χ0n) is 39.6. The van der Waals surface area contributed by atoms with E-state index in [9.17, 15) is 0 Å². The van der Waals surface area contributed by atoms with Crippen LogP contribution in [-0.4, -0.2) is 6.71 Å². The monoisotopic (exact) mass is 805 g/mol. The van der Waals surface area contributed by atoms with Gasteiger partial charge in [-0.1, -0.05) is 271 Å². The smallest absolute Gasteiger partial charge is 0.0991 e. The van der Waals surface area contributed by atoms with Crippen molar-refractivity contribution < 1.29 is 0 Å². The first-order valence-corrected chi connectivity index (χ1v) is 22.4. The SMILES string of the molecule is C/C(=C\C=C(/C)c1ccc(B(c2ccc(C)cc2)c2ccc(-c3ccccc3)cc2)cc1)c1ccccc1.C=C/C=C\C(C)=C(/C)c1ccccc1C.CC.CC.CCCC. The molecule has 1 heteroatoms. The van der Waals surface area contributed by atoms with E-state index in [0.717, 1.165) is 0 Å². The van der Waals surface area contributed by atoms with E-state index in [0.29, 0.717) is 0 Å². The van der Waals surface area contributed by atoms with Crippen LogP contribution in [0.3, 0.4) is 0 Å². The zero-order valence-corrected chi connectivity index (χ0v) is 39.6. The second kappa shape index (κ2) is 29.3. The third-order valence-corrected chi connectivity index (χ3v) is 10.4. The molecule has 0 aliphatic rings. The van der Waals surface area contributed by atoms with Crippen LogP contribution in [0.2, 0.25) is 0 Å². The van der Waals surface area contributed by atoms with E-state index < -0.39 is 0 Å². The molecular weight excluding hydrogens is 731 g/mol. The van der Waals surface area contributed by atoms with Crippen molar-refractivity contribution in [3.8, 4) is 11.1 Å². The van der Waals surface area contributed by atoms with Crippen LogP contribution in [0.15, 0.2) is 200 Å². The Balaban J connectivity index is 0.000000463. The molecule has 6 rings (SSSR count). The molecule has 316 valence electrons. The fourth-order valence-electron chi connectivity index (χ4n) is 6.46. The van der Waals surface area contributed by atoms with Crippen LogP contribution in [0, 0.1) is 13.8 Å². The average Bonchev–Trinajstić information content (AvgIpc) is 3.33. The second-order valence-electron chi connectivity index (χ2n) is 14.7. The number of allylic oxidation sites excluding steroid dienone is 9. The van der Waals surface area contributed by atoms with E-state index in [2.05, 4.69) is 238 Å². The van der Waals surface area contributed by atoms with Crippen LogP contribution < -0.4 is 16.4 Å². The van der Waals surface area contributed by atoms with Gasteiger partial charge in [-0.25, -0.2) is 0 Å². The highest BCUT2D eigenvalue weighted by Crippen LogP contribution is 2.22. The van der Waals surface area contributed by atoms with Crippen molar-refractivity contribution in [2.45, 2.75) is 95.9 Å². The largest absolute Gasteiger partial charge is 0.241 e. The number of rotatable bonds is 11. The number of hydrogen-bond acceptors (Lipinski definition) is 0. The topological polar surface area (TPSA) is 0 Å². The number of aryl methyl sites for hydroxylation is 2. The van der Waals surface area contributed by atoms with Crippen molar-refractivity contribution >= 4 is 39.8 Å². The van der Waals surface area contributed by atoms with Gasteiger partial charge in [0.1, 0.15) is 0 Å². The van der Waals surface area contributed by atoms with Crippen molar-refractivity contribution in [1.29, 1.82) is 0 Å². The molecule has 0 fully saturated rings.